The first-order chi connectivity index (χ1) is 9.97. The number of carbonyl (C=O) groups excluding carboxylic acids is 2. The fourth-order valence-corrected chi connectivity index (χ4v) is 2.03. The molecule has 4 heteroatoms. The minimum absolute atomic E-state index is 0.0171. The van der Waals surface area contributed by atoms with E-state index in [0.29, 0.717) is 12.1 Å². The highest BCUT2D eigenvalue weighted by molar-refractivity contribution is 6.05. The maximum Gasteiger partial charge on any atom is 0.223 e. The van der Waals surface area contributed by atoms with E-state index in [1.165, 1.54) is 0 Å². The molecule has 0 radical (unpaired) electrons. The highest BCUT2D eigenvalue weighted by atomic mass is 16.2. The van der Waals surface area contributed by atoms with Gasteiger partial charge in [-0.05, 0) is 37.0 Å². The van der Waals surface area contributed by atoms with Crippen LogP contribution in [-0.2, 0) is 11.3 Å². The number of hydrogen-bond donors (Lipinski definition) is 1. The standard InChI is InChI=1S/C17H22N2O2/c1-12-4-5-13(11-18-17(21)14-6-7-14)10-15(12)16(20)8-9-19(2)3/h4-5,8-10,14H,6-7,11H2,1-3H3,(H,18,21). The Morgan fingerprint density at radius 3 is 2.67 bits per heavy atom. The third-order valence-electron chi connectivity index (χ3n) is 3.51. The lowest BCUT2D eigenvalue weighted by molar-refractivity contribution is -0.122. The molecule has 21 heavy (non-hydrogen) atoms. The molecular weight excluding hydrogens is 264 g/mol. The predicted molar refractivity (Wildman–Crippen MR) is 82.9 cm³/mol. The lowest BCUT2D eigenvalue weighted by Gasteiger charge is -2.09. The van der Waals surface area contributed by atoms with Gasteiger partial charge in [0.1, 0.15) is 0 Å². The number of nitrogens with one attached hydrogen (secondary N) is 1. The van der Waals surface area contributed by atoms with Crippen LogP contribution in [0.2, 0.25) is 0 Å². The van der Waals surface area contributed by atoms with E-state index < -0.39 is 0 Å². The Bertz CT molecular complexity index is 572. The third kappa shape index (κ3) is 4.45. The van der Waals surface area contributed by atoms with Gasteiger partial charge in [-0.1, -0.05) is 12.1 Å². The maximum absolute atomic E-state index is 12.2. The Morgan fingerprint density at radius 1 is 1.33 bits per heavy atom. The molecule has 1 amide bonds. The number of rotatable bonds is 6. The van der Waals surface area contributed by atoms with Crippen molar-refractivity contribution in [1.29, 1.82) is 0 Å². The van der Waals surface area contributed by atoms with Gasteiger partial charge in [0, 0.05) is 44.4 Å². The van der Waals surface area contributed by atoms with Crippen molar-refractivity contribution in [3.63, 3.8) is 0 Å². The normalized spacial score (nSPS) is 14.2. The van der Waals surface area contributed by atoms with Crippen LogP contribution in [0.15, 0.2) is 30.5 Å². The molecule has 1 fully saturated rings. The number of carbonyl (C=O) groups is 2. The summed E-state index contributed by atoms with van der Waals surface area (Å²) in [6, 6.07) is 5.75. The molecule has 0 heterocycles. The fourth-order valence-electron chi connectivity index (χ4n) is 2.03. The van der Waals surface area contributed by atoms with Gasteiger partial charge in [-0.3, -0.25) is 9.59 Å². The van der Waals surface area contributed by atoms with Crippen LogP contribution >= 0.6 is 0 Å². The molecule has 1 aliphatic rings. The van der Waals surface area contributed by atoms with Crippen molar-refractivity contribution in [1.82, 2.24) is 10.2 Å². The predicted octanol–water partition coefficient (Wildman–Crippen LogP) is 2.28. The van der Waals surface area contributed by atoms with Crippen molar-refractivity contribution in [2.45, 2.75) is 26.3 Å². The molecule has 0 spiro atoms. The summed E-state index contributed by atoms with van der Waals surface area (Å²) in [5, 5.41) is 2.92. The Balaban J connectivity index is 2.05. The third-order valence-corrected chi connectivity index (χ3v) is 3.51. The number of amides is 1. The zero-order chi connectivity index (χ0) is 15.4. The lowest BCUT2D eigenvalue weighted by atomic mass is 10.0. The first-order valence-electron chi connectivity index (χ1n) is 7.23. The zero-order valence-corrected chi connectivity index (χ0v) is 12.8. The molecule has 0 aliphatic heterocycles. The van der Waals surface area contributed by atoms with Crippen LogP contribution in [0.1, 0.15) is 34.3 Å². The summed E-state index contributed by atoms with van der Waals surface area (Å²) in [5.41, 5.74) is 2.59. The molecule has 1 saturated carbocycles. The Hall–Kier alpha value is -2.10. The van der Waals surface area contributed by atoms with Gasteiger partial charge < -0.3 is 10.2 Å². The number of allylic oxidation sites excluding steroid dienone is 1. The van der Waals surface area contributed by atoms with Gasteiger partial charge >= 0.3 is 0 Å². The summed E-state index contributed by atoms with van der Waals surface area (Å²) < 4.78 is 0. The first-order valence-corrected chi connectivity index (χ1v) is 7.23. The molecule has 1 N–H and O–H groups in total. The largest absolute Gasteiger partial charge is 0.383 e. The number of nitrogens with zero attached hydrogens (tertiary/aromatic N) is 1. The molecule has 1 aliphatic carbocycles. The van der Waals surface area contributed by atoms with Gasteiger partial charge in [-0.2, -0.15) is 0 Å². The van der Waals surface area contributed by atoms with Crippen molar-refractivity contribution in [2.75, 3.05) is 14.1 Å². The van der Waals surface area contributed by atoms with Crippen LogP contribution in [0.25, 0.3) is 0 Å². The van der Waals surface area contributed by atoms with Gasteiger partial charge in [0.25, 0.3) is 0 Å². The van der Waals surface area contributed by atoms with Crippen molar-refractivity contribution >= 4 is 11.7 Å². The van der Waals surface area contributed by atoms with E-state index >= 15 is 0 Å². The van der Waals surface area contributed by atoms with Crippen molar-refractivity contribution in [3.05, 3.63) is 47.2 Å². The Labute approximate surface area is 125 Å². The average Bonchev–Trinajstić information content (AvgIpc) is 3.28. The first kappa shape index (κ1) is 15.3. The van der Waals surface area contributed by atoms with Crippen LogP contribution < -0.4 is 5.32 Å². The topological polar surface area (TPSA) is 49.4 Å². The average molecular weight is 286 g/mol. The fraction of sp³-hybridized carbons (Fsp3) is 0.412. The maximum atomic E-state index is 12.2. The van der Waals surface area contributed by atoms with E-state index in [0.717, 1.165) is 24.0 Å². The second-order valence-electron chi connectivity index (χ2n) is 5.78. The SMILES string of the molecule is Cc1ccc(CNC(=O)C2CC2)cc1C(=O)C=CN(C)C. The van der Waals surface area contributed by atoms with E-state index in [4.69, 9.17) is 0 Å². The summed E-state index contributed by atoms with van der Waals surface area (Å²) in [7, 11) is 3.75. The number of hydrogen-bond acceptors (Lipinski definition) is 3. The molecule has 0 unspecified atom stereocenters. The second-order valence-corrected chi connectivity index (χ2v) is 5.78. The van der Waals surface area contributed by atoms with Crippen LogP contribution in [0.4, 0.5) is 0 Å². The van der Waals surface area contributed by atoms with Crippen molar-refractivity contribution in [2.24, 2.45) is 5.92 Å². The smallest absolute Gasteiger partial charge is 0.223 e. The van der Waals surface area contributed by atoms with E-state index in [1.54, 1.807) is 12.3 Å². The van der Waals surface area contributed by atoms with Crippen LogP contribution in [0, 0.1) is 12.8 Å². The quantitative estimate of drug-likeness (QED) is 0.645. The van der Waals surface area contributed by atoms with Crippen LogP contribution in [0.3, 0.4) is 0 Å². The summed E-state index contributed by atoms with van der Waals surface area (Å²) in [6.07, 6.45) is 5.30. The summed E-state index contributed by atoms with van der Waals surface area (Å²) in [6.45, 7) is 2.40. The summed E-state index contributed by atoms with van der Waals surface area (Å²) in [5.74, 6) is 0.312. The zero-order valence-electron chi connectivity index (χ0n) is 12.8. The summed E-state index contributed by atoms with van der Waals surface area (Å²) >= 11 is 0. The molecule has 1 aromatic rings. The lowest BCUT2D eigenvalue weighted by Crippen LogP contribution is -2.24. The van der Waals surface area contributed by atoms with Crippen LogP contribution in [-0.4, -0.2) is 30.7 Å². The van der Waals surface area contributed by atoms with Gasteiger partial charge in [0.15, 0.2) is 5.78 Å². The molecule has 0 saturated heterocycles. The second kappa shape index (κ2) is 6.57. The molecule has 0 atom stereocenters. The molecule has 0 bridgehead atoms. The Morgan fingerprint density at radius 2 is 2.05 bits per heavy atom. The molecule has 4 nitrogen and oxygen atoms in total. The highest BCUT2D eigenvalue weighted by Crippen LogP contribution is 2.28. The molecule has 112 valence electrons. The van der Waals surface area contributed by atoms with Crippen LogP contribution in [0.5, 0.6) is 0 Å². The number of aryl methyl sites for hydroxylation is 1. The minimum atomic E-state index is -0.0171. The van der Waals surface area contributed by atoms with Crippen molar-refractivity contribution < 1.29 is 9.59 Å². The number of benzene rings is 1. The molecular formula is C17H22N2O2. The molecule has 2 rings (SSSR count). The van der Waals surface area contributed by atoms with Crippen molar-refractivity contribution in [3.8, 4) is 0 Å². The minimum Gasteiger partial charge on any atom is -0.383 e. The monoisotopic (exact) mass is 286 g/mol. The van der Waals surface area contributed by atoms with Gasteiger partial charge in [-0.15, -0.1) is 0 Å². The molecule has 0 aromatic heterocycles. The molecule has 1 aromatic carbocycles. The van der Waals surface area contributed by atoms with E-state index in [-0.39, 0.29) is 17.6 Å². The summed E-state index contributed by atoms with van der Waals surface area (Å²) in [4.78, 5) is 25.7. The number of ketones is 1. The van der Waals surface area contributed by atoms with Gasteiger partial charge in [0.2, 0.25) is 5.91 Å². The Kier molecular flexibility index (Phi) is 4.78. The van der Waals surface area contributed by atoms with E-state index in [9.17, 15) is 9.59 Å². The van der Waals surface area contributed by atoms with E-state index in [1.807, 2.05) is 44.1 Å². The van der Waals surface area contributed by atoms with Gasteiger partial charge in [-0.25, -0.2) is 0 Å². The van der Waals surface area contributed by atoms with Gasteiger partial charge in [0.05, 0.1) is 0 Å². The highest BCUT2D eigenvalue weighted by Gasteiger charge is 2.29. The van der Waals surface area contributed by atoms with E-state index in [2.05, 4.69) is 5.32 Å².